The van der Waals surface area contributed by atoms with Gasteiger partial charge in [0.25, 0.3) is 0 Å². The summed E-state index contributed by atoms with van der Waals surface area (Å²) in [6.07, 6.45) is 3.44. The summed E-state index contributed by atoms with van der Waals surface area (Å²) in [5.41, 5.74) is 0. The number of hydrogen-bond donors (Lipinski definition) is 0. The molecule has 5 aliphatic rings. The Labute approximate surface area is 138 Å². The van der Waals surface area contributed by atoms with Gasteiger partial charge in [-0.25, -0.2) is 0 Å². The minimum atomic E-state index is -0.283. The number of methoxy groups -OCH3 is 2. The molecule has 5 aliphatic carbocycles. The largest absolute Gasteiger partial charge is 0.469 e. The molecule has 0 aliphatic heterocycles. The van der Waals surface area contributed by atoms with Crippen molar-refractivity contribution in [3.05, 3.63) is 0 Å². The summed E-state index contributed by atoms with van der Waals surface area (Å²) in [6, 6.07) is 0. The van der Waals surface area contributed by atoms with Crippen LogP contribution in [0.5, 0.6) is 0 Å². The van der Waals surface area contributed by atoms with Crippen LogP contribution in [0, 0.1) is 59.2 Å². The summed E-state index contributed by atoms with van der Waals surface area (Å²) >= 11 is 0. The fraction of sp³-hybridized carbons (Fsp3) is 0.895. The third kappa shape index (κ3) is 1.84. The van der Waals surface area contributed by atoms with Crippen molar-refractivity contribution in [3.63, 3.8) is 0 Å². The van der Waals surface area contributed by atoms with Gasteiger partial charge in [0.1, 0.15) is 0 Å². The zero-order chi connectivity index (χ0) is 16.5. The molecule has 4 unspecified atom stereocenters. The first-order valence-electron chi connectivity index (χ1n) is 9.16. The molecule has 4 bridgehead atoms. The molecule has 5 saturated carbocycles. The predicted octanol–water partition coefficient (Wildman–Crippen LogP) is 2.76. The van der Waals surface area contributed by atoms with E-state index in [-0.39, 0.29) is 23.8 Å². The number of esters is 2. The van der Waals surface area contributed by atoms with E-state index in [2.05, 4.69) is 13.8 Å². The normalized spacial score (nSPS) is 53.0. The Bertz CT molecular complexity index is 483. The average Bonchev–Trinajstić information content (AvgIpc) is 3.12. The lowest BCUT2D eigenvalue weighted by Crippen LogP contribution is -2.59. The lowest BCUT2D eigenvalue weighted by Gasteiger charge is -2.58. The van der Waals surface area contributed by atoms with Gasteiger partial charge in [0, 0.05) is 0 Å². The van der Waals surface area contributed by atoms with E-state index in [4.69, 9.17) is 9.47 Å². The van der Waals surface area contributed by atoms with E-state index >= 15 is 0 Å². The summed E-state index contributed by atoms with van der Waals surface area (Å²) in [6.45, 7) is 4.78. The van der Waals surface area contributed by atoms with Crippen molar-refractivity contribution in [3.8, 4) is 0 Å². The number of carbonyl (C=O) groups is 2. The molecule has 5 fully saturated rings. The summed E-state index contributed by atoms with van der Waals surface area (Å²) in [7, 11) is 2.89. The van der Waals surface area contributed by atoms with E-state index < -0.39 is 0 Å². The molecule has 0 aromatic heterocycles. The van der Waals surface area contributed by atoms with Crippen LogP contribution < -0.4 is 0 Å². The van der Waals surface area contributed by atoms with Gasteiger partial charge in [-0.15, -0.1) is 0 Å². The Hall–Kier alpha value is -1.06. The van der Waals surface area contributed by atoms with Crippen molar-refractivity contribution in [2.75, 3.05) is 14.2 Å². The van der Waals surface area contributed by atoms with Gasteiger partial charge >= 0.3 is 11.9 Å². The van der Waals surface area contributed by atoms with Gasteiger partial charge in [0.2, 0.25) is 0 Å². The molecular weight excluding hydrogens is 292 g/mol. The minimum Gasteiger partial charge on any atom is -0.469 e. The van der Waals surface area contributed by atoms with Crippen molar-refractivity contribution in [1.29, 1.82) is 0 Å². The molecule has 0 amide bonds. The molecule has 0 N–H and O–H groups in total. The van der Waals surface area contributed by atoms with Crippen molar-refractivity contribution in [2.24, 2.45) is 59.2 Å². The number of rotatable bonds is 2. The van der Waals surface area contributed by atoms with E-state index in [0.717, 1.165) is 36.5 Å². The highest BCUT2D eigenvalue weighted by Gasteiger charge is 2.68. The first-order chi connectivity index (χ1) is 11.0. The quantitative estimate of drug-likeness (QED) is 0.734. The fourth-order valence-electron chi connectivity index (χ4n) is 7.37. The minimum absolute atomic E-state index is 0.197. The van der Waals surface area contributed by atoms with Gasteiger partial charge in [-0.05, 0) is 66.6 Å². The second-order valence-electron chi connectivity index (χ2n) is 8.44. The highest BCUT2D eigenvalue weighted by atomic mass is 16.5. The number of ether oxygens (including phenoxy) is 2. The molecule has 5 rings (SSSR count). The topological polar surface area (TPSA) is 52.6 Å². The molecule has 0 aromatic carbocycles. The molecule has 4 nitrogen and oxygen atoms in total. The van der Waals surface area contributed by atoms with Crippen LogP contribution in [0.3, 0.4) is 0 Å². The molecule has 128 valence electrons. The molecule has 0 radical (unpaired) electrons. The molecule has 23 heavy (non-hydrogen) atoms. The van der Waals surface area contributed by atoms with E-state index in [0.29, 0.717) is 23.7 Å². The predicted molar refractivity (Wildman–Crippen MR) is 84.1 cm³/mol. The van der Waals surface area contributed by atoms with Crippen LogP contribution >= 0.6 is 0 Å². The van der Waals surface area contributed by atoms with Gasteiger partial charge in [-0.3, -0.25) is 9.59 Å². The number of hydrogen-bond acceptors (Lipinski definition) is 4. The van der Waals surface area contributed by atoms with Crippen molar-refractivity contribution < 1.29 is 19.1 Å². The van der Waals surface area contributed by atoms with E-state index in [1.165, 1.54) is 20.6 Å². The van der Waals surface area contributed by atoms with Crippen LogP contribution in [-0.4, -0.2) is 26.2 Å². The molecule has 0 saturated heterocycles. The third-order valence-corrected chi connectivity index (χ3v) is 8.24. The van der Waals surface area contributed by atoms with Crippen molar-refractivity contribution in [1.82, 2.24) is 0 Å². The standard InChI is InChI=1S/C19H28O4/c1-8-9(2)13-7-12(8)14-10-5-6-11(15(13)14)17(19(21)23-4)16(10)18(20)22-3/h8-17H,5-7H2,1-4H3/t8-,9?,10-,11+,12-,13+,14?,15?,16?,17+/m1/s1. The van der Waals surface area contributed by atoms with Gasteiger partial charge < -0.3 is 9.47 Å². The van der Waals surface area contributed by atoms with Crippen LogP contribution in [0.15, 0.2) is 0 Å². The van der Waals surface area contributed by atoms with E-state index in [1.807, 2.05) is 0 Å². The van der Waals surface area contributed by atoms with E-state index in [9.17, 15) is 9.59 Å². The Morgan fingerprint density at radius 2 is 1.13 bits per heavy atom. The molecule has 0 heterocycles. The third-order valence-electron chi connectivity index (χ3n) is 8.24. The summed E-state index contributed by atoms with van der Waals surface area (Å²) in [5, 5.41) is 0. The Morgan fingerprint density at radius 1 is 0.739 bits per heavy atom. The monoisotopic (exact) mass is 320 g/mol. The highest BCUT2D eigenvalue weighted by molar-refractivity contribution is 5.83. The van der Waals surface area contributed by atoms with Crippen LogP contribution in [0.2, 0.25) is 0 Å². The molecule has 0 aromatic rings. The van der Waals surface area contributed by atoms with E-state index in [1.54, 1.807) is 0 Å². The van der Waals surface area contributed by atoms with Gasteiger partial charge in [-0.2, -0.15) is 0 Å². The maximum absolute atomic E-state index is 12.5. The Morgan fingerprint density at radius 3 is 1.48 bits per heavy atom. The SMILES string of the molecule is COC(=O)C1[C@@H]2CC[C@@H](C3C2[C@@H]2C[C@H]3C(C)[C@H]2C)[C@@H]1C(=O)OC. The fourth-order valence-corrected chi connectivity index (χ4v) is 7.37. The maximum atomic E-state index is 12.5. The Kier molecular flexibility index (Phi) is 3.51. The van der Waals surface area contributed by atoms with Crippen molar-refractivity contribution in [2.45, 2.75) is 33.1 Å². The average molecular weight is 320 g/mol. The second kappa shape index (κ2) is 5.22. The molecule has 0 spiro atoms. The van der Waals surface area contributed by atoms with Gasteiger partial charge in [-0.1, -0.05) is 13.8 Å². The highest BCUT2D eigenvalue weighted by Crippen LogP contribution is 2.70. The first-order valence-corrected chi connectivity index (χ1v) is 9.16. The van der Waals surface area contributed by atoms with Crippen molar-refractivity contribution >= 4 is 11.9 Å². The summed E-state index contributed by atoms with van der Waals surface area (Å²) in [5.74, 6) is 3.86. The number of carbonyl (C=O) groups excluding carboxylic acids is 2. The lowest BCUT2D eigenvalue weighted by atomic mass is 9.45. The number of fused-ring (bicyclic) bond motifs is 4. The first kappa shape index (κ1) is 15.5. The molecule has 4 heteroatoms. The zero-order valence-electron chi connectivity index (χ0n) is 14.5. The Balaban J connectivity index is 1.74. The molecular formula is C19H28O4. The van der Waals surface area contributed by atoms with Crippen LogP contribution in [-0.2, 0) is 19.1 Å². The van der Waals surface area contributed by atoms with Crippen LogP contribution in [0.1, 0.15) is 33.1 Å². The summed E-state index contributed by atoms with van der Waals surface area (Å²) < 4.78 is 10.2. The van der Waals surface area contributed by atoms with Gasteiger partial charge in [0.05, 0.1) is 26.1 Å². The lowest BCUT2D eigenvalue weighted by molar-refractivity contribution is -0.185. The summed E-state index contributed by atoms with van der Waals surface area (Å²) in [4.78, 5) is 25.0. The van der Waals surface area contributed by atoms with Crippen LogP contribution in [0.25, 0.3) is 0 Å². The van der Waals surface area contributed by atoms with Gasteiger partial charge in [0.15, 0.2) is 0 Å². The zero-order valence-corrected chi connectivity index (χ0v) is 14.5. The second-order valence-corrected chi connectivity index (χ2v) is 8.44. The molecule has 10 atom stereocenters. The van der Waals surface area contributed by atoms with Crippen LogP contribution in [0.4, 0.5) is 0 Å². The smallest absolute Gasteiger partial charge is 0.309 e. The maximum Gasteiger partial charge on any atom is 0.309 e.